The maximum absolute atomic E-state index is 9.32. The van der Waals surface area contributed by atoms with Crippen LogP contribution < -0.4 is 4.74 Å². The van der Waals surface area contributed by atoms with Gasteiger partial charge in [-0.05, 0) is 46.5 Å². The summed E-state index contributed by atoms with van der Waals surface area (Å²) in [4.78, 5) is 0. The van der Waals surface area contributed by atoms with Gasteiger partial charge in [0.05, 0.1) is 20.3 Å². The molecule has 0 aliphatic rings. The highest BCUT2D eigenvalue weighted by atomic mass is 35.5. The van der Waals surface area contributed by atoms with E-state index in [1.807, 2.05) is 30.3 Å². The lowest BCUT2D eigenvalue weighted by atomic mass is 9.98. The van der Waals surface area contributed by atoms with Crippen molar-refractivity contribution in [2.75, 3.05) is 14.2 Å². The van der Waals surface area contributed by atoms with Gasteiger partial charge in [0.1, 0.15) is 5.75 Å². The first-order valence-electron chi connectivity index (χ1n) is 6.25. The fourth-order valence-electron chi connectivity index (χ4n) is 2.12. The second kappa shape index (κ2) is 6.75. The van der Waals surface area contributed by atoms with E-state index in [0.717, 1.165) is 22.4 Å². The molecule has 106 valence electrons. The molecular weight excluding hydrogens is 276 g/mol. The van der Waals surface area contributed by atoms with Crippen molar-refractivity contribution < 1.29 is 14.6 Å². The van der Waals surface area contributed by atoms with Gasteiger partial charge in [0, 0.05) is 12.1 Å². The van der Waals surface area contributed by atoms with Crippen molar-refractivity contribution in [2.45, 2.75) is 13.2 Å². The van der Waals surface area contributed by atoms with Gasteiger partial charge in [-0.1, -0.05) is 23.7 Å². The van der Waals surface area contributed by atoms with E-state index in [2.05, 4.69) is 0 Å². The molecule has 0 fully saturated rings. The number of halogens is 1. The topological polar surface area (TPSA) is 38.7 Å². The second-order valence-corrected chi connectivity index (χ2v) is 4.83. The van der Waals surface area contributed by atoms with Crippen LogP contribution in [-0.4, -0.2) is 19.3 Å². The van der Waals surface area contributed by atoms with Crippen molar-refractivity contribution in [2.24, 2.45) is 0 Å². The monoisotopic (exact) mass is 292 g/mol. The van der Waals surface area contributed by atoms with Crippen LogP contribution in [-0.2, 0) is 18.0 Å². The van der Waals surface area contributed by atoms with E-state index in [0.29, 0.717) is 17.2 Å². The number of hydrogen-bond acceptors (Lipinski definition) is 3. The minimum atomic E-state index is -0.0809. The van der Waals surface area contributed by atoms with Crippen LogP contribution in [0.15, 0.2) is 36.4 Å². The first-order chi connectivity index (χ1) is 9.69. The van der Waals surface area contributed by atoms with Crippen molar-refractivity contribution >= 4 is 11.6 Å². The van der Waals surface area contributed by atoms with Crippen molar-refractivity contribution in [3.05, 3.63) is 52.5 Å². The van der Waals surface area contributed by atoms with Gasteiger partial charge < -0.3 is 14.6 Å². The Morgan fingerprint density at radius 2 is 1.85 bits per heavy atom. The summed E-state index contributed by atoms with van der Waals surface area (Å²) in [6, 6.07) is 11.5. The SMILES string of the molecule is COCc1cc(OC)ccc1-c1ccc(Cl)c(CO)c1. The zero-order valence-corrected chi connectivity index (χ0v) is 12.3. The third-order valence-corrected chi connectivity index (χ3v) is 3.51. The van der Waals surface area contributed by atoms with Crippen molar-refractivity contribution in [1.29, 1.82) is 0 Å². The number of rotatable bonds is 5. The van der Waals surface area contributed by atoms with Crippen molar-refractivity contribution in [3.63, 3.8) is 0 Å². The van der Waals surface area contributed by atoms with Gasteiger partial charge in [-0.15, -0.1) is 0 Å². The van der Waals surface area contributed by atoms with Crippen molar-refractivity contribution in [1.82, 2.24) is 0 Å². The summed E-state index contributed by atoms with van der Waals surface area (Å²) >= 11 is 6.03. The van der Waals surface area contributed by atoms with Crippen molar-refractivity contribution in [3.8, 4) is 16.9 Å². The van der Waals surface area contributed by atoms with Gasteiger partial charge in [-0.25, -0.2) is 0 Å². The first kappa shape index (κ1) is 14.9. The Kier molecular flexibility index (Phi) is 5.01. The average Bonchev–Trinajstić information content (AvgIpc) is 2.48. The molecule has 0 radical (unpaired) electrons. The quantitative estimate of drug-likeness (QED) is 0.914. The number of aliphatic hydroxyl groups excluding tert-OH is 1. The highest BCUT2D eigenvalue weighted by Gasteiger charge is 2.09. The molecule has 0 aliphatic heterocycles. The molecule has 0 aliphatic carbocycles. The Morgan fingerprint density at radius 3 is 2.50 bits per heavy atom. The van der Waals surface area contributed by atoms with Gasteiger partial charge >= 0.3 is 0 Å². The molecule has 4 heteroatoms. The summed E-state index contributed by atoms with van der Waals surface area (Å²) in [6.45, 7) is 0.409. The molecule has 0 amide bonds. The number of methoxy groups -OCH3 is 2. The Balaban J connectivity index is 2.50. The van der Waals surface area contributed by atoms with E-state index < -0.39 is 0 Å². The summed E-state index contributed by atoms with van der Waals surface area (Å²) in [5.74, 6) is 0.789. The second-order valence-electron chi connectivity index (χ2n) is 4.42. The summed E-state index contributed by atoms with van der Waals surface area (Å²) in [5.41, 5.74) is 3.77. The van der Waals surface area contributed by atoms with Gasteiger partial charge in [-0.2, -0.15) is 0 Å². The Labute approximate surface area is 123 Å². The molecule has 2 aromatic carbocycles. The largest absolute Gasteiger partial charge is 0.497 e. The lowest BCUT2D eigenvalue weighted by Crippen LogP contribution is -1.95. The molecule has 3 nitrogen and oxygen atoms in total. The molecule has 0 unspecified atom stereocenters. The average molecular weight is 293 g/mol. The summed E-state index contributed by atoms with van der Waals surface area (Å²) < 4.78 is 10.5. The molecule has 0 saturated heterocycles. The highest BCUT2D eigenvalue weighted by molar-refractivity contribution is 6.31. The summed E-state index contributed by atoms with van der Waals surface area (Å²) in [7, 11) is 3.29. The maximum atomic E-state index is 9.32. The Morgan fingerprint density at radius 1 is 1.05 bits per heavy atom. The normalized spacial score (nSPS) is 10.6. The van der Waals surface area contributed by atoms with E-state index >= 15 is 0 Å². The predicted molar refractivity (Wildman–Crippen MR) is 80.1 cm³/mol. The fraction of sp³-hybridized carbons (Fsp3) is 0.250. The molecule has 0 saturated carbocycles. The highest BCUT2D eigenvalue weighted by Crippen LogP contribution is 2.30. The van der Waals surface area contributed by atoms with Crippen LogP contribution in [0.2, 0.25) is 5.02 Å². The minimum Gasteiger partial charge on any atom is -0.497 e. The number of hydrogen-bond donors (Lipinski definition) is 1. The van der Waals surface area contributed by atoms with Gasteiger partial charge in [-0.3, -0.25) is 0 Å². The lowest BCUT2D eigenvalue weighted by Gasteiger charge is -2.12. The van der Waals surface area contributed by atoms with Gasteiger partial charge in [0.2, 0.25) is 0 Å². The smallest absolute Gasteiger partial charge is 0.119 e. The van der Waals surface area contributed by atoms with Crippen LogP contribution in [0.5, 0.6) is 5.75 Å². The summed E-state index contributed by atoms with van der Waals surface area (Å²) in [6.07, 6.45) is 0. The fourth-order valence-corrected chi connectivity index (χ4v) is 2.29. The molecule has 20 heavy (non-hydrogen) atoms. The molecular formula is C16H17ClO3. The Bertz CT molecular complexity index is 596. The molecule has 2 rings (SSSR count). The van der Waals surface area contributed by atoms with E-state index in [9.17, 15) is 5.11 Å². The molecule has 0 spiro atoms. The number of benzene rings is 2. The predicted octanol–water partition coefficient (Wildman–Crippen LogP) is 3.65. The van der Waals surface area contributed by atoms with Gasteiger partial charge in [0.25, 0.3) is 0 Å². The Hall–Kier alpha value is -1.55. The van der Waals surface area contributed by atoms with E-state index in [-0.39, 0.29) is 6.61 Å². The van der Waals surface area contributed by atoms with Gasteiger partial charge in [0.15, 0.2) is 0 Å². The third kappa shape index (κ3) is 3.12. The minimum absolute atomic E-state index is 0.0809. The van der Waals surface area contributed by atoms with Crippen LogP contribution >= 0.6 is 11.6 Å². The molecule has 2 aromatic rings. The molecule has 0 atom stereocenters. The first-order valence-corrected chi connectivity index (χ1v) is 6.63. The van der Waals surface area contributed by atoms with Crippen LogP contribution in [0.1, 0.15) is 11.1 Å². The standard InChI is InChI=1S/C16H17ClO3/c1-19-10-13-8-14(20-2)4-5-15(13)11-3-6-16(17)12(7-11)9-18/h3-8,18H,9-10H2,1-2H3. The lowest BCUT2D eigenvalue weighted by molar-refractivity contribution is 0.185. The van der Waals surface area contributed by atoms with Crippen LogP contribution in [0, 0.1) is 0 Å². The van der Waals surface area contributed by atoms with E-state index in [4.69, 9.17) is 21.1 Å². The zero-order chi connectivity index (χ0) is 14.5. The van der Waals surface area contributed by atoms with E-state index in [1.54, 1.807) is 20.3 Å². The molecule has 0 bridgehead atoms. The van der Waals surface area contributed by atoms with E-state index in [1.165, 1.54) is 0 Å². The third-order valence-electron chi connectivity index (χ3n) is 3.14. The molecule has 0 aromatic heterocycles. The molecule has 1 N–H and O–H groups in total. The number of ether oxygens (including phenoxy) is 2. The molecule has 0 heterocycles. The van der Waals surface area contributed by atoms with Crippen LogP contribution in [0.25, 0.3) is 11.1 Å². The van der Waals surface area contributed by atoms with Crippen LogP contribution in [0.3, 0.4) is 0 Å². The zero-order valence-electron chi connectivity index (χ0n) is 11.5. The number of aliphatic hydroxyl groups is 1. The summed E-state index contributed by atoms with van der Waals surface area (Å²) in [5, 5.41) is 9.88. The van der Waals surface area contributed by atoms with Crippen LogP contribution in [0.4, 0.5) is 0 Å². The maximum Gasteiger partial charge on any atom is 0.119 e.